The van der Waals surface area contributed by atoms with Gasteiger partial charge in [0.2, 0.25) is 0 Å². The fourth-order valence-corrected chi connectivity index (χ4v) is 1.95. The molecule has 8 heteroatoms. The number of nitrogens with two attached hydrogens (primary N) is 1. The highest BCUT2D eigenvalue weighted by atomic mass is 19.4. The number of hydrogen-bond acceptors (Lipinski definition) is 4. The second-order valence-corrected chi connectivity index (χ2v) is 4.29. The van der Waals surface area contributed by atoms with Crippen LogP contribution in [0.5, 0.6) is 0 Å². The summed E-state index contributed by atoms with van der Waals surface area (Å²) < 4.78 is 45.2. The van der Waals surface area contributed by atoms with Crippen molar-refractivity contribution in [1.29, 1.82) is 0 Å². The summed E-state index contributed by atoms with van der Waals surface area (Å²) in [6.45, 7) is 1.55. The first-order valence-electron chi connectivity index (χ1n) is 5.85. The zero-order valence-corrected chi connectivity index (χ0v) is 11.2. The van der Waals surface area contributed by atoms with Crippen molar-refractivity contribution in [2.45, 2.75) is 13.1 Å². The third kappa shape index (κ3) is 2.69. The second kappa shape index (κ2) is 5.12. The third-order valence-electron chi connectivity index (χ3n) is 2.96. The minimum absolute atomic E-state index is 0.131. The van der Waals surface area contributed by atoms with Gasteiger partial charge in [-0.2, -0.15) is 13.2 Å². The lowest BCUT2D eigenvalue weighted by Crippen LogP contribution is -2.15. The van der Waals surface area contributed by atoms with Crippen molar-refractivity contribution in [3.05, 3.63) is 41.5 Å². The van der Waals surface area contributed by atoms with Gasteiger partial charge in [0.1, 0.15) is 5.82 Å². The molecule has 2 N–H and O–H groups in total. The van der Waals surface area contributed by atoms with E-state index in [-0.39, 0.29) is 16.9 Å². The number of rotatable bonds is 2. The van der Waals surface area contributed by atoms with Gasteiger partial charge in [0.15, 0.2) is 0 Å². The zero-order valence-electron chi connectivity index (χ0n) is 11.2. The van der Waals surface area contributed by atoms with Gasteiger partial charge in [-0.1, -0.05) is 0 Å². The lowest BCUT2D eigenvalue weighted by Gasteiger charge is -2.17. The van der Waals surface area contributed by atoms with E-state index in [0.717, 1.165) is 19.2 Å². The molecule has 0 aliphatic heterocycles. The van der Waals surface area contributed by atoms with Crippen LogP contribution in [0.25, 0.3) is 5.69 Å². The molecule has 0 unspecified atom stereocenters. The molecule has 0 fully saturated rings. The Morgan fingerprint density at radius 1 is 1.38 bits per heavy atom. The van der Waals surface area contributed by atoms with Crippen LogP contribution in [0.4, 0.5) is 18.9 Å². The molecule has 0 atom stereocenters. The number of nitrogens with zero attached hydrogens (tertiary/aromatic N) is 2. The lowest BCUT2D eigenvalue weighted by atomic mass is 10.1. The monoisotopic (exact) mass is 299 g/mol. The molecule has 2 aromatic rings. The van der Waals surface area contributed by atoms with Crippen LogP contribution in [-0.4, -0.2) is 22.6 Å². The Morgan fingerprint density at radius 3 is 2.52 bits per heavy atom. The molecule has 2 rings (SSSR count). The van der Waals surface area contributed by atoms with Gasteiger partial charge in [0, 0.05) is 18.1 Å². The molecule has 0 bridgehead atoms. The Morgan fingerprint density at radius 2 is 2.05 bits per heavy atom. The molecule has 0 saturated heterocycles. The van der Waals surface area contributed by atoms with Crippen molar-refractivity contribution in [3.8, 4) is 5.69 Å². The summed E-state index contributed by atoms with van der Waals surface area (Å²) in [5.74, 6) is -0.457. The quantitative estimate of drug-likeness (QED) is 0.683. The predicted molar refractivity (Wildman–Crippen MR) is 69.1 cm³/mol. The SMILES string of the molecule is COC(=O)c1cc(-n2ccnc2C)c(C(F)(F)F)cc1N. The average Bonchev–Trinajstić information content (AvgIpc) is 2.82. The number of hydrogen-bond donors (Lipinski definition) is 1. The highest BCUT2D eigenvalue weighted by Crippen LogP contribution is 2.37. The number of aromatic nitrogens is 2. The van der Waals surface area contributed by atoms with Crippen LogP contribution >= 0.6 is 0 Å². The number of carbonyl (C=O) groups excluding carboxylic acids is 1. The van der Waals surface area contributed by atoms with Crippen LogP contribution in [-0.2, 0) is 10.9 Å². The summed E-state index contributed by atoms with van der Waals surface area (Å²) in [4.78, 5) is 15.5. The van der Waals surface area contributed by atoms with Gasteiger partial charge in [-0.05, 0) is 19.1 Å². The van der Waals surface area contributed by atoms with Gasteiger partial charge in [0.25, 0.3) is 0 Å². The van der Waals surface area contributed by atoms with Gasteiger partial charge in [0.05, 0.1) is 23.9 Å². The van der Waals surface area contributed by atoms with Gasteiger partial charge in [-0.25, -0.2) is 9.78 Å². The Kier molecular flexibility index (Phi) is 3.63. The highest BCUT2D eigenvalue weighted by molar-refractivity contribution is 5.96. The summed E-state index contributed by atoms with van der Waals surface area (Å²) >= 11 is 0. The van der Waals surface area contributed by atoms with Crippen LogP contribution in [0.3, 0.4) is 0 Å². The molecular weight excluding hydrogens is 287 g/mol. The normalized spacial score (nSPS) is 11.5. The van der Waals surface area contributed by atoms with E-state index in [2.05, 4.69) is 9.72 Å². The maximum atomic E-state index is 13.2. The van der Waals surface area contributed by atoms with Crippen molar-refractivity contribution in [2.24, 2.45) is 0 Å². The molecule has 0 radical (unpaired) electrons. The lowest BCUT2D eigenvalue weighted by molar-refractivity contribution is -0.137. The van der Waals surface area contributed by atoms with E-state index < -0.39 is 17.7 Å². The van der Waals surface area contributed by atoms with Crippen LogP contribution in [0, 0.1) is 6.92 Å². The maximum absolute atomic E-state index is 13.2. The number of aryl methyl sites for hydroxylation is 1. The molecule has 1 aromatic carbocycles. The summed E-state index contributed by atoms with van der Waals surface area (Å²) in [7, 11) is 1.13. The fraction of sp³-hybridized carbons (Fsp3) is 0.231. The number of benzene rings is 1. The maximum Gasteiger partial charge on any atom is 0.418 e. The van der Waals surface area contributed by atoms with E-state index >= 15 is 0 Å². The number of ether oxygens (including phenoxy) is 1. The summed E-state index contributed by atoms with van der Waals surface area (Å²) in [6.07, 6.45) is -1.88. The molecule has 0 aliphatic rings. The number of halogens is 3. The standard InChI is InChI=1S/C13H12F3N3O2/c1-7-18-3-4-19(7)11-5-8(12(20)21-2)10(17)6-9(11)13(14,15)16/h3-6H,17H2,1-2H3. The van der Waals surface area contributed by atoms with E-state index in [1.54, 1.807) is 6.92 Å². The predicted octanol–water partition coefficient (Wildman–Crippen LogP) is 2.57. The van der Waals surface area contributed by atoms with Gasteiger partial charge in [-0.15, -0.1) is 0 Å². The highest BCUT2D eigenvalue weighted by Gasteiger charge is 2.35. The smallest absolute Gasteiger partial charge is 0.418 e. The van der Waals surface area contributed by atoms with Crippen molar-refractivity contribution < 1.29 is 22.7 Å². The summed E-state index contributed by atoms with van der Waals surface area (Å²) in [5.41, 5.74) is 3.92. The first-order chi connectivity index (χ1) is 9.75. The largest absolute Gasteiger partial charge is 0.465 e. The average molecular weight is 299 g/mol. The van der Waals surface area contributed by atoms with Crippen molar-refractivity contribution in [3.63, 3.8) is 0 Å². The van der Waals surface area contributed by atoms with Gasteiger partial charge >= 0.3 is 12.1 Å². The van der Waals surface area contributed by atoms with Crippen LogP contribution in [0.15, 0.2) is 24.5 Å². The molecule has 112 valence electrons. The van der Waals surface area contributed by atoms with E-state index in [9.17, 15) is 18.0 Å². The topological polar surface area (TPSA) is 70.1 Å². The third-order valence-corrected chi connectivity index (χ3v) is 2.96. The Balaban J connectivity index is 2.76. The molecule has 0 aliphatic carbocycles. The van der Waals surface area contributed by atoms with E-state index in [1.807, 2.05) is 0 Å². The number of methoxy groups -OCH3 is 1. The number of imidazole rings is 1. The summed E-state index contributed by atoms with van der Waals surface area (Å²) in [5, 5.41) is 0. The second-order valence-electron chi connectivity index (χ2n) is 4.29. The van der Waals surface area contributed by atoms with Crippen molar-refractivity contribution in [2.75, 3.05) is 12.8 Å². The van der Waals surface area contributed by atoms with E-state index in [0.29, 0.717) is 5.82 Å². The van der Waals surface area contributed by atoms with Crippen molar-refractivity contribution in [1.82, 2.24) is 9.55 Å². The minimum Gasteiger partial charge on any atom is -0.465 e. The minimum atomic E-state index is -4.62. The van der Waals surface area contributed by atoms with Crippen LogP contribution in [0.1, 0.15) is 21.7 Å². The number of anilines is 1. The molecule has 21 heavy (non-hydrogen) atoms. The number of esters is 1. The molecular formula is C13H12F3N3O2. The van der Waals surface area contributed by atoms with Crippen LogP contribution < -0.4 is 5.73 Å². The molecule has 1 aromatic heterocycles. The number of nitrogen functional groups attached to an aromatic ring is 1. The molecule has 0 spiro atoms. The Labute approximate surface area is 118 Å². The van der Waals surface area contributed by atoms with Crippen molar-refractivity contribution >= 4 is 11.7 Å². The van der Waals surface area contributed by atoms with Crippen LogP contribution in [0.2, 0.25) is 0 Å². The first kappa shape index (κ1) is 14.9. The molecule has 5 nitrogen and oxygen atoms in total. The van der Waals surface area contributed by atoms with E-state index in [1.165, 1.54) is 17.0 Å². The van der Waals surface area contributed by atoms with Gasteiger partial charge in [-0.3, -0.25) is 0 Å². The molecule has 0 saturated carbocycles. The zero-order chi connectivity index (χ0) is 15.8. The van der Waals surface area contributed by atoms with E-state index in [4.69, 9.17) is 5.73 Å². The first-order valence-corrected chi connectivity index (χ1v) is 5.85. The molecule has 1 heterocycles. The Hall–Kier alpha value is -2.51. The fourth-order valence-electron chi connectivity index (χ4n) is 1.95. The summed E-state index contributed by atoms with van der Waals surface area (Å²) in [6, 6.07) is 1.78. The number of alkyl halides is 3. The molecule has 0 amide bonds. The van der Waals surface area contributed by atoms with Gasteiger partial charge < -0.3 is 15.0 Å². The Bertz CT molecular complexity index is 692. The number of carbonyl (C=O) groups is 1.